The van der Waals surface area contributed by atoms with Crippen LogP contribution in [0, 0.1) is 0 Å². The highest BCUT2D eigenvalue weighted by molar-refractivity contribution is 7.08. The fraction of sp³-hybridized carbons (Fsp3) is 0.250. The molecule has 0 radical (unpaired) electrons. The lowest BCUT2D eigenvalue weighted by Gasteiger charge is -2.02. The van der Waals surface area contributed by atoms with Gasteiger partial charge in [-0.1, -0.05) is 41.2 Å². The average molecular weight is 267 g/mol. The Hall–Kier alpha value is -1.26. The van der Waals surface area contributed by atoms with Crippen LogP contribution in [0.2, 0.25) is 5.02 Å². The van der Waals surface area contributed by atoms with Gasteiger partial charge in [-0.2, -0.15) is 0 Å². The maximum absolute atomic E-state index is 12.1. The molecule has 0 atom stereocenters. The summed E-state index contributed by atoms with van der Waals surface area (Å²) in [4.78, 5) is 12.7. The molecule has 0 bridgehead atoms. The summed E-state index contributed by atoms with van der Waals surface area (Å²) >= 11 is 7.18. The molecule has 88 valence electrons. The van der Waals surface area contributed by atoms with Crippen molar-refractivity contribution in [1.82, 2.24) is 9.59 Å². The summed E-state index contributed by atoms with van der Waals surface area (Å²) in [5.41, 5.74) is 1.61. The molecule has 0 saturated carbocycles. The van der Waals surface area contributed by atoms with Gasteiger partial charge in [0.05, 0.1) is 5.69 Å². The van der Waals surface area contributed by atoms with E-state index in [2.05, 4.69) is 9.59 Å². The first-order valence-electron chi connectivity index (χ1n) is 5.30. The highest BCUT2D eigenvalue weighted by atomic mass is 35.5. The summed E-state index contributed by atoms with van der Waals surface area (Å²) in [6.45, 7) is 1.96. The van der Waals surface area contributed by atoms with Gasteiger partial charge in [-0.05, 0) is 29.6 Å². The van der Waals surface area contributed by atoms with E-state index in [1.54, 1.807) is 6.07 Å². The maximum Gasteiger partial charge on any atom is 0.180 e. The molecule has 5 heteroatoms. The Bertz CT molecular complexity index is 539. The van der Waals surface area contributed by atoms with Crippen molar-refractivity contribution < 1.29 is 4.79 Å². The largest absolute Gasteiger partial charge is 0.293 e. The minimum atomic E-state index is 0.0324. The number of Topliss-reactive ketones (excluding diaryl/α,β-unsaturated/α-hetero) is 1. The minimum Gasteiger partial charge on any atom is -0.293 e. The van der Waals surface area contributed by atoms with E-state index in [9.17, 15) is 4.79 Å². The predicted octanol–water partition coefficient (Wildman–Crippen LogP) is 3.18. The summed E-state index contributed by atoms with van der Waals surface area (Å²) < 4.78 is 3.82. The zero-order valence-corrected chi connectivity index (χ0v) is 10.9. The quantitative estimate of drug-likeness (QED) is 0.799. The lowest BCUT2D eigenvalue weighted by Crippen LogP contribution is -2.04. The second-order valence-electron chi connectivity index (χ2n) is 3.59. The van der Waals surface area contributed by atoms with Gasteiger partial charge in [0.25, 0.3) is 0 Å². The third-order valence-corrected chi connectivity index (χ3v) is 3.63. The molecule has 0 unspecified atom stereocenters. The first kappa shape index (κ1) is 12.2. The molecule has 1 aromatic heterocycles. The molecule has 0 aliphatic heterocycles. The van der Waals surface area contributed by atoms with E-state index in [0.717, 1.165) is 29.2 Å². The Morgan fingerprint density at radius 2 is 2.18 bits per heavy atom. The number of benzene rings is 1. The zero-order chi connectivity index (χ0) is 12.3. The number of hydrogen-bond donors (Lipinski definition) is 0. The molecule has 3 nitrogen and oxygen atoms in total. The number of nitrogens with zero attached hydrogens (tertiary/aromatic N) is 2. The second kappa shape index (κ2) is 5.38. The van der Waals surface area contributed by atoms with Gasteiger partial charge in [0.2, 0.25) is 0 Å². The van der Waals surface area contributed by atoms with Crippen molar-refractivity contribution in [2.45, 2.75) is 19.8 Å². The number of aromatic nitrogens is 2. The molecular weight excluding hydrogens is 256 g/mol. The molecule has 1 aromatic carbocycles. The first-order chi connectivity index (χ1) is 8.22. The second-order valence-corrected chi connectivity index (χ2v) is 4.75. The predicted molar refractivity (Wildman–Crippen MR) is 68.8 cm³/mol. The van der Waals surface area contributed by atoms with Crippen LogP contribution in [-0.4, -0.2) is 15.4 Å². The van der Waals surface area contributed by atoms with Crippen molar-refractivity contribution in [1.29, 1.82) is 0 Å². The zero-order valence-electron chi connectivity index (χ0n) is 9.31. The molecule has 0 aliphatic rings. The Kier molecular flexibility index (Phi) is 3.86. The smallest absolute Gasteiger partial charge is 0.180 e. The Morgan fingerprint density at radius 3 is 2.88 bits per heavy atom. The van der Waals surface area contributed by atoms with E-state index in [-0.39, 0.29) is 5.78 Å². The van der Waals surface area contributed by atoms with Gasteiger partial charge in [0.1, 0.15) is 4.88 Å². The molecule has 0 amide bonds. The van der Waals surface area contributed by atoms with Crippen LogP contribution in [0.3, 0.4) is 0 Å². The lowest BCUT2D eigenvalue weighted by molar-refractivity contribution is 0.0996. The number of carbonyl (C=O) groups excluding carboxylic acids is 1. The number of hydrogen-bond acceptors (Lipinski definition) is 4. The fourth-order valence-corrected chi connectivity index (χ4v) is 2.43. The van der Waals surface area contributed by atoms with E-state index in [1.807, 2.05) is 25.1 Å². The highest BCUT2D eigenvalue weighted by Gasteiger charge is 2.16. The average Bonchev–Trinajstić information content (AvgIpc) is 2.80. The van der Waals surface area contributed by atoms with Gasteiger partial charge >= 0.3 is 0 Å². The van der Waals surface area contributed by atoms with Crippen LogP contribution >= 0.6 is 23.1 Å². The van der Waals surface area contributed by atoms with E-state index in [0.29, 0.717) is 16.3 Å². The maximum atomic E-state index is 12.1. The van der Waals surface area contributed by atoms with E-state index >= 15 is 0 Å². The number of halogens is 1. The summed E-state index contributed by atoms with van der Waals surface area (Å²) in [6.07, 6.45) is 1.02. The molecule has 0 saturated heterocycles. The van der Waals surface area contributed by atoms with Crippen LogP contribution in [0.15, 0.2) is 24.3 Å². The molecule has 0 N–H and O–H groups in total. The Morgan fingerprint density at radius 1 is 1.41 bits per heavy atom. The Labute approximate surface area is 109 Å². The summed E-state index contributed by atoms with van der Waals surface area (Å²) in [5, 5.41) is 4.56. The SMILES string of the molecule is CCc1nnsc1C(=O)Cc1ccccc1Cl. The summed E-state index contributed by atoms with van der Waals surface area (Å²) in [7, 11) is 0. The lowest BCUT2D eigenvalue weighted by atomic mass is 10.1. The van der Waals surface area contributed by atoms with E-state index in [1.165, 1.54) is 0 Å². The first-order valence-corrected chi connectivity index (χ1v) is 6.45. The topological polar surface area (TPSA) is 42.9 Å². The van der Waals surface area contributed by atoms with Crippen LogP contribution in [-0.2, 0) is 12.8 Å². The minimum absolute atomic E-state index is 0.0324. The van der Waals surface area contributed by atoms with Gasteiger partial charge in [-0.15, -0.1) is 5.10 Å². The van der Waals surface area contributed by atoms with Crippen molar-refractivity contribution in [2.75, 3.05) is 0 Å². The van der Waals surface area contributed by atoms with Crippen LogP contribution in [0.4, 0.5) is 0 Å². The van der Waals surface area contributed by atoms with Crippen LogP contribution in [0.1, 0.15) is 27.9 Å². The number of rotatable bonds is 4. The molecule has 17 heavy (non-hydrogen) atoms. The molecule has 0 spiro atoms. The molecule has 0 fully saturated rings. The van der Waals surface area contributed by atoms with E-state index in [4.69, 9.17) is 11.6 Å². The number of carbonyl (C=O) groups is 1. The van der Waals surface area contributed by atoms with Crippen molar-refractivity contribution in [3.63, 3.8) is 0 Å². The molecule has 1 heterocycles. The van der Waals surface area contributed by atoms with Crippen molar-refractivity contribution in [2.24, 2.45) is 0 Å². The summed E-state index contributed by atoms with van der Waals surface area (Å²) in [6, 6.07) is 7.37. The third kappa shape index (κ3) is 2.70. The molecule has 2 rings (SSSR count). The van der Waals surface area contributed by atoms with Gasteiger partial charge in [-0.3, -0.25) is 4.79 Å². The van der Waals surface area contributed by atoms with Crippen LogP contribution in [0.5, 0.6) is 0 Å². The van der Waals surface area contributed by atoms with Gasteiger partial charge in [0, 0.05) is 11.4 Å². The molecule has 0 aliphatic carbocycles. The number of aryl methyl sites for hydroxylation is 1. The fourth-order valence-electron chi connectivity index (χ4n) is 1.55. The third-order valence-electron chi connectivity index (χ3n) is 2.45. The van der Waals surface area contributed by atoms with Crippen molar-refractivity contribution in [3.8, 4) is 0 Å². The van der Waals surface area contributed by atoms with Gasteiger partial charge in [-0.25, -0.2) is 0 Å². The van der Waals surface area contributed by atoms with Crippen molar-refractivity contribution in [3.05, 3.63) is 45.4 Å². The number of ketones is 1. The van der Waals surface area contributed by atoms with Gasteiger partial charge in [0.15, 0.2) is 5.78 Å². The van der Waals surface area contributed by atoms with Crippen molar-refractivity contribution >= 4 is 28.9 Å². The Balaban J connectivity index is 2.20. The highest BCUT2D eigenvalue weighted by Crippen LogP contribution is 2.19. The van der Waals surface area contributed by atoms with E-state index < -0.39 is 0 Å². The molecule has 2 aromatic rings. The monoisotopic (exact) mass is 266 g/mol. The molecular formula is C12H11ClN2OS. The van der Waals surface area contributed by atoms with Crippen LogP contribution < -0.4 is 0 Å². The normalized spacial score (nSPS) is 10.5. The van der Waals surface area contributed by atoms with Gasteiger partial charge < -0.3 is 0 Å². The van der Waals surface area contributed by atoms with Crippen LogP contribution in [0.25, 0.3) is 0 Å². The standard InChI is InChI=1S/C12H11ClN2OS/c1-2-10-12(17-15-14-10)11(16)7-8-5-3-4-6-9(8)13/h3-6H,2,7H2,1H3. The summed E-state index contributed by atoms with van der Waals surface area (Å²) in [5.74, 6) is 0.0324.